The van der Waals surface area contributed by atoms with E-state index in [1.165, 1.54) is 18.4 Å². The standard InChI is InChI=1S/C20H21N3O4S/c1-13-7-3-5-9-16(13)27-17-10-6-4-8-15(17)22-19(25)23-20-21-14(12-28-20)11-18(24)26-2/h3,5-7,9-10,12H,4,8,11H2,1-2H3,(H2,21,22,23,25). The molecule has 1 aliphatic carbocycles. The minimum absolute atomic E-state index is 0.0701. The lowest BCUT2D eigenvalue weighted by Gasteiger charge is -2.18. The zero-order chi connectivity index (χ0) is 19.9. The third kappa shape index (κ3) is 5.20. The third-order valence-corrected chi connectivity index (χ3v) is 4.84. The summed E-state index contributed by atoms with van der Waals surface area (Å²) in [5, 5.41) is 7.65. The number of allylic oxidation sites excluding steroid dienone is 3. The molecule has 2 amide bonds. The number of nitrogens with zero attached hydrogens (tertiary/aromatic N) is 1. The molecule has 146 valence electrons. The molecule has 1 aromatic carbocycles. The van der Waals surface area contributed by atoms with Gasteiger partial charge in [0.1, 0.15) is 11.5 Å². The molecule has 0 unspecified atom stereocenters. The number of para-hydroxylation sites is 1. The Labute approximate surface area is 167 Å². The van der Waals surface area contributed by atoms with Crippen LogP contribution in [0.25, 0.3) is 0 Å². The van der Waals surface area contributed by atoms with Gasteiger partial charge in [-0.3, -0.25) is 10.1 Å². The molecule has 1 aromatic heterocycles. The molecule has 7 nitrogen and oxygen atoms in total. The average molecular weight is 399 g/mol. The van der Waals surface area contributed by atoms with E-state index in [0.717, 1.165) is 17.7 Å². The lowest BCUT2D eigenvalue weighted by atomic mass is 10.1. The molecule has 8 heteroatoms. The number of carbonyl (C=O) groups excluding carboxylic acids is 2. The van der Waals surface area contributed by atoms with Crippen molar-refractivity contribution in [2.24, 2.45) is 0 Å². The number of amides is 2. The molecule has 2 aromatic rings. The number of carbonyl (C=O) groups is 2. The largest absolute Gasteiger partial charge is 0.469 e. The van der Waals surface area contributed by atoms with Gasteiger partial charge in [0.2, 0.25) is 0 Å². The van der Waals surface area contributed by atoms with Crippen molar-refractivity contribution in [1.29, 1.82) is 0 Å². The first kappa shape index (κ1) is 19.6. The predicted molar refractivity (Wildman–Crippen MR) is 107 cm³/mol. The highest BCUT2D eigenvalue weighted by Crippen LogP contribution is 2.24. The van der Waals surface area contributed by atoms with Crippen molar-refractivity contribution in [2.75, 3.05) is 12.4 Å². The molecule has 0 saturated heterocycles. The van der Waals surface area contributed by atoms with Gasteiger partial charge in [0.15, 0.2) is 5.13 Å². The van der Waals surface area contributed by atoms with Crippen LogP contribution in [0, 0.1) is 6.92 Å². The Balaban J connectivity index is 1.66. The fraction of sp³-hybridized carbons (Fsp3) is 0.250. The van der Waals surface area contributed by atoms with E-state index in [1.54, 1.807) is 5.38 Å². The molecule has 2 N–H and O–H groups in total. The van der Waals surface area contributed by atoms with Crippen LogP contribution in [-0.4, -0.2) is 24.1 Å². The number of urea groups is 1. The Morgan fingerprint density at radius 2 is 2.07 bits per heavy atom. The van der Waals surface area contributed by atoms with E-state index in [-0.39, 0.29) is 12.4 Å². The summed E-state index contributed by atoms with van der Waals surface area (Å²) < 4.78 is 10.6. The quantitative estimate of drug-likeness (QED) is 0.719. The first-order valence-corrected chi connectivity index (χ1v) is 9.65. The molecular formula is C20H21N3O4S. The number of hydrogen-bond donors (Lipinski definition) is 2. The van der Waals surface area contributed by atoms with Crippen LogP contribution in [0.3, 0.4) is 0 Å². The number of ether oxygens (including phenoxy) is 2. The van der Waals surface area contributed by atoms with Crippen LogP contribution in [0.4, 0.5) is 9.93 Å². The maximum atomic E-state index is 12.4. The lowest BCUT2D eigenvalue weighted by Crippen LogP contribution is -2.30. The smallest absolute Gasteiger partial charge is 0.325 e. The first-order chi connectivity index (χ1) is 13.5. The minimum Gasteiger partial charge on any atom is -0.469 e. The van der Waals surface area contributed by atoms with E-state index in [1.807, 2.05) is 43.3 Å². The van der Waals surface area contributed by atoms with Crippen molar-refractivity contribution in [3.63, 3.8) is 0 Å². The van der Waals surface area contributed by atoms with Crippen molar-refractivity contribution >= 4 is 28.5 Å². The number of methoxy groups -OCH3 is 1. The molecule has 0 saturated carbocycles. The van der Waals surface area contributed by atoms with Crippen LogP contribution < -0.4 is 15.4 Å². The normalized spacial score (nSPS) is 13.2. The number of anilines is 1. The van der Waals surface area contributed by atoms with E-state index in [0.29, 0.717) is 28.7 Å². The van der Waals surface area contributed by atoms with Gasteiger partial charge in [0, 0.05) is 5.38 Å². The number of nitrogens with one attached hydrogen (secondary N) is 2. The van der Waals surface area contributed by atoms with Crippen molar-refractivity contribution in [2.45, 2.75) is 26.2 Å². The molecule has 0 radical (unpaired) electrons. The van der Waals surface area contributed by atoms with E-state index < -0.39 is 6.03 Å². The zero-order valence-electron chi connectivity index (χ0n) is 15.7. The zero-order valence-corrected chi connectivity index (χ0v) is 16.5. The highest BCUT2D eigenvalue weighted by Gasteiger charge is 2.16. The summed E-state index contributed by atoms with van der Waals surface area (Å²) in [5.74, 6) is 0.982. The van der Waals surface area contributed by atoms with E-state index in [2.05, 4.69) is 20.4 Å². The Hall–Kier alpha value is -3.13. The fourth-order valence-corrected chi connectivity index (χ4v) is 3.29. The number of thiazole rings is 1. The van der Waals surface area contributed by atoms with Crippen LogP contribution in [-0.2, 0) is 16.0 Å². The maximum Gasteiger partial charge on any atom is 0.325 e. The fourth-order valence-electron chi connectivity index (χ4n) is 2.58. The van der Waals surface area contributed by atoms with Gasteiger partial charge in [-0.05, 0) is 37.5 Å². The second-order valence-electron chi connectivity index (χ2n) is 6.13. The van der Waals surface area contributed by atoms with Crippen LogP contribution >= 0.6 is 11.3 Å². The summed E-state index contributed by atoms with van der Waals surface area (Å²) in [5.41, 5.74) is 2.27. The van der Waals surface area contributed by atoms with Crippen molar-refractivity contribution in [3.05, 3.63) is 64.5 Å². The topological polar surface area (TPSA) is 89.5 Å². The molecule has 1 aliphatic rings. The number of benzene rings is 1. The predicted octanol–water partition coefficient (Wildman–Crippen LogP) is 3.93. The van der Waals surface area contributed by atoms with Crippen molar-refractivity contribution in [1.82, 2.24) is 10.3 Å². The second-order valence-corrected chi connectivity index (χ2v) is 6.99. The molecule has 0 bridgehead atoms. The average Bonchev–Trinajstić information content (AvgIpc) is 3.11. The summed E-state index contributed by atoms with van der Waals surface area (Å²) in [7, 11) is 1.32. The third-order valence-electron chi connectivity index (χ3n) is 4.03. The van der Waals surface area contributed by atoms with Gasteiger partial charge < -0.3 is 14.8 Å². The van der Waals surface area contributed by atoms with Crippen LogP contribution in [0.1, 0.15) is 24.1 Å². The van der Waals surface area contributed by atoms with Gasteiger partial charge in [0.25, 0.3) is 0 Å². The van der Waals surface area contributed by atoms with E-state index >= 15 is 0 Å². The summed E-state index contributed by atoms with van der Waals surface area (Å²) in [4.78, 5) is 27.9. The number of rotatable bonds is 6. The summed E-state index contributed by atoms with van der Waals surface area (Å²) >= 11 is 1.25. The highest BCUT2D eigenvalue weighted by atomic mass is 32.1. The van der Waals surface area contributed by atoms with Crippen LogP contribution in [0.15, 0.2) is 53.3 Å². The number of aromatic nitrogens is 1. The SMILES string of the molecule is COC(=O)Cc1csc(NC(=O)NC2=C(Oc3ccccc3C)C=CCC2)n1. The number of esters is 1. The van der Waals surface area contributed by atoms with Gasteiger partial charge >= 0.3 is 12.0 Å². The van der Waals surface area contributed by atoms with Gasteiger partial charge in [-0.2, -0.15) is 0 Å². The summed E-state index contributed by atoms with van der Waals surface area (Å²) in [6.07, 6.45) is 5.42. The maximum absolute atomic E-state index is 12.4. The number of aryl methyl sites for hydroxylation is 1. The second kappa shape index (κ2) is 9.18. The number of hydrogen-bond acceptors (Lipinski definition) is 6. The molecule has 1 heterocycles. The van der Waals surface area contributed by atoms with Gasteiger partial charge in [-0.15, -0.1) is 11.3 Å². The molecule has 0 fully saturated rings. The van der Waals surface area contributed by atoms with Crippen LogP contribution in [0.2, 0.25) is 0 Å². The van der Waals surface area contributed by atoms with Gasteiger partial charge in [-0.25, -0.2) is 9.78 Å². The Morgan fingerprint density at radius 1 is 1.25 bits per heavy atom. The molecule has 28 heavy (non-hydrogen) atoms. The monoisotopic (exact) mass is 399 g/mol. The summed E-state index contributed by atoms with van der Waals surface area (Å²) in [6.45, 7) is 1.97. The summed E-state index contributed by atoms with van der Waals surface area (Å²) in [6, 6.07) is 7.30. The first-order valence-electron chi connectivity index (χ1n) is 8.77. The lowest BCUT2D eigenvalue weighted by molar-refractivity contribution is -0.139. The molecule has 0 spiro atoms. The molecule has 0 atom stereocenters. The molecular weight excluding hydrogens is 378 g/mol. The van der Waals surface area contributed by atoms with E-state index in [9.17, 15) is 9.59 Å². The van der Waals surface area contributed by atoms with Crippen molar-refractivity contribution in [3.8, 4) is 5.75 Å². The highest BCUT2D eigenvalue weighted by molar-refractivity contribution is 7.13. The molecule has 3 rings (SSSR count). The minimum atomic E-state index is -0.407. The Kier molecular flexibility index (Phi) is 6.44. The van der Waals surface area contributed by atoms with Crippen LogP contribution in [0.5, 0.6) is 5.75 Å². The molecule has 0 aliphatic heterocycles. The van der Waals surface area contributed by atoms with Crippen molar-refractivity contribution < 1.29 is 19.1 Å². The Bertz CT molecular complexity index is 933. The van der Waals surface area contributed by atoms with Gasteiger partial charge in [-0.1, -0.05) is 24.3 Å². The van der Waals surface area contributed by atoms with Gasteiger partial charge in [0.05, 0.1) is 24.9 Å². The Morgan fingerprint density at radius 3 is 2.86 bits per heavy atom. The van der Waals surface area contributed by atoms with E-state index in [4.69, 9.17) is 4.74 Å².